The fraction of sp³-hybridized carbons (Fsp3) is 0.529. The van der Waals surface area contributed by atoms with Gasteiger partial charge in [0.2, 0.25) is 0 Å². The number of hydrogen-bond donors (Lipinski definition) is 1. The lowest BCUT2D eigenvalue weighted by Gasteiger charge is -2.26. The van der Waals surface area contributed by atoms with E-state index >= 15 is 0 Å². The molecule has 4 unspecified atom stereocenters. The molecule has 0 aromatic heterocycles. The summed E-state index contributed by atoms with van der Waals surface area (Å²) in [6.45, 7) is 2.63. The van der Waals surface area contributed by atoms with Crippen molar-refractivity contribution in [2.45, 2.75) is 38.5 Å². The van der Waals surface area contributed by atoms with Crippen LogP contribution in [0.15, 0.2) is 36.4 Å². The maximum absolute atomic E-state index is 12.7. The first-order valence-electron chi connectivity index (χ1n) is 7.51. The first-order valence-corrected chi connectivity index (χ1v) is 7.51. The Morgan fingerprint density at radius 3 is 2.67 bits per heavy atom. The van der Waals surface area contributed by atoms with Gasteiger partial charge in [0, 0.05) is 12.6 Å². The van der Waals surface area contributed by atoms with Gasteiger partial charge in [-0.05, 0) is 49.1 Å². The molecule has 1 saturated carbocycles. The summed E-state index contributed by atoms with van der Waals surface area (Å²) >= 11 is 0. The second-order valence-corrected chi connectivity index (χ2v) is 6.31. The van der Waals surface area contributed by atoms with Crippen LogP contribution in [-0.4, -0.2) is 6.04 Å². The van der Waals surface area contributed by atoms with Crippen molar-refractivity contribution >= 4 is 0 Å². The summed E-state index contributed by atoms with van der Waals surface area (Å²) in [7, 11) is 0. The zero-order chi connectivity index (χ0) is 15.0. The Kier molecular flexibility index (Phi) is 3.82. The van der Waals surface area contributed by atoms with Gasteiger partial charge in [-0.25, -0.2) is 0 Å². The van der Waals surface area contributed by atoms with Gasteiger partial charge >= 0.3 is 6.18 Å². The van der Waals surface area contributed by atoms with Gasteiger partial charge in [0.15, 0.2) is 0 Å². The molecular formula is C17H20F3N. The molecular weight excluding hydrogens is 275 g/mol. The predicted octanol–water partition coefficient (Wildman–Crippen LogP) is 4.40. The molecule has 2 aliphatic rings. The molecule has 3 rings (SSSR count). The maximum Gasteiger partial charge on any atom is 0.416 e. The number of fused-ring (bicyclic) bond motifs is 2. The Hall–Kier alpha value is -1.29. The van der Waals surface area contributed by atoms with Crippen molar-refractivity contribution < 1.29 is 13.2 Å². The summed E-state index contributed by atoms with van der Waals surface area (Å²) < 4.78 is 38.1. The molecule has 1 aromatic rings. The van der Waals surface area contributed by atoms with E-state index in [4.69, 9.17) is 0 Å². The Balaban J connectivity index is 1.59. The van der Waals surface area contributed by atoms with Gasteiger partial charge in [-0.15, -0.1) is 0 Å². The van der Waals surface area contributed by atoms with E-state index in [1.807, 2.05) is 0 Å². The molecule has 114 valence electrons. The summed E-state index contributed by atoms with van der Waals surface area (Å²) in [5, 5.41) is 3.40. The fourth-order valence-electron chi connectivity index (χ4n) is 3.69. The third kappa shape index (κ3) is 3.15. The van der Waals surface area contributed by atoms with Gasteiger partial charge in [-0.1, -0.05) is 30.4 Å². The SMILES string of the molecule is CC(NCc1cccc(C(F)(F)F)c1)C1CC2C=CC1C2. The van der Waals surface area contributed by atoms with Crippen molar-refractivity contribution in [2.24, 2.45) is 17.8 Å². The van der Waals surface area contributed by atoms with Gasteiger partial charge in [0.1, 0.15) is 0 Å². The summed E-state index contributed by atoms with van der Waals surface area (Å²) in [5.74, 6) is 1.99. The number of nitrogens with one attached hydrogen (secondary N) is 1. The second-order valence-electron chi connectivity index (χ2n) is 6.31. The van der Waals surface area contributed by atoms with E-state index in [0.29, 0.717) is 30.0 Å². The average Bonchev–Trinajstić information content (AvgIpc) is 3.07. The summed E-state index contributed by atoms with van der Waals surface area (Å²) in [6.07, 6.45) is 2.80. The highest BCUT2D eigenvalue weighted by Crippen LogP contribution is 2.44. The number of allylic oxidation sites excluding steroid dienone is 2. The van der Waals surface area contributed by atoms with Gasteiger partial charge in [-0.2, -0.15) is 13.2 Å². The number of halogens is 3. The molecule has 0 saturated heterocycles. The van der Waals surface area contributed by atoms with E-state index in [1.54, 1.807) is 6.07 Å². The molecule has 0 radical (unpaired) electrons. The Morgan fingerprint density at radius 1 is 1.24 bits per heavy atom. The zero-order valence-corrected chi connectivity index (χ0v) is 12.0. The highest BCUT2D eigenvalue weighted by Gasteiger charge is 2.38. The van der Waals surface area contributed by atoms with E-state index in [0.717, 1.165) is 12.0 Å². The van der Waals surface area contributed by atoms with Crippen LogP contribution >= 0.6 is 0 Å². The molecule has 0 spiro atoms. The van der Waals surface area contributed by atoms with Crippen LogP contribution in [0.1, 0.15) is 30.9 Å². The van der Waals surface area contributed by atoms with Crippen LogP contribution in [0.25, 0.3) is 0 Å². The van der Waals surface area contributed by atoms with Crippen molar-refractivity contribution in [3.05, 3.63) is 47.5 Å². The standard InChI is InChI=1S/C17H20F3N/c1-11(16-9-12-5-6-14(16)7-12)21-10-13-3-2-4-15(8-13)17(18,19)20/h2-6,8,11-12,14,16,21H,7,9-10H2,1H3. The number of benzene rings is 1. The fourth-order valence-corrected chi connectivity index (χ4v) is 3.69. The molecule has 4 heteroatoms. The molecule has 0 amide bonds. The molecule has 1 N–H and O–H groups in total. The van der Waals surface area contributed by atoms with E-state index in [2.05, 4.69) is 24.4 Å². The van der Waals surface area contributed by atoms with Crippen molar-refractivity contribution in [3.8, 4) is 0 Å². The van der Waals surface area contributed by atoms with Crippen LogP contribution in [0.5, 0.6) is 0 Å². The first-order chi connectivity index (χ1) is 9.93. The minimum absolute atomic E-state index is 0.333. The Morgan fingerprint density at radius 2 is 2.05 bits per heavy atom. The largest absolute Gasteiger partial charge is 0.416 e. The Bertz CT molecular complexity index is 535. The van der Waals surface area contributed by atoms with E-state index in [9.17, 15) is 13.2 Å². The first kappa shape index (κ1) is 14.6. The van der Waals surface area contributed by atoms with Crippen molar-refractivity contribution in [1.82, 2.24) is 5.32 Å². The maximum atomic E-state index is 12.7. The van der Waals surface area contributed by atoms with Crippen LogP contribution in [0, 0.1) is 17.8 Å². The highest BCUT2D eigenvalue weighted by atomic mass is 19.4. The second kappa shape index (κ2) is 5.48. The summed E-state index contributed by atoms with van der Waals surface area (Å²) in [5.41, 5.74) is 0.118. The third-order valence-electron chi connectivity index (χ3n) is 4.85. The topological polar surface area (TPSA) is 12.0 Å². The quantitative estimate of drug-likeness (QED) is 0.812. The van der Waals surface area contributed by atoms with Gasteiger partial charge in [0.05, 0.1) is 5.56 Å². The van der Waals surface area contributed by atoms with E-state index < -0.39 is 11.7 Å². The lowest BCUT2D eigenvalue weighted by Crippen LogP contribution is -2.35. The highest BCUT2D eigenvalue weighted by molar-refractivity contribution is 5.25. The number of hydrogen-bond acceptors (Lipinski definition) is 1. The monoisotopic (exact) mass is 295 g/mol. The predicted molar refractivity (Wildman–Crippen MR) is 76.6 cm³/mol. The summed E-state index contributed by atoms with van der Waals surface area (Å²) in [6, 6.07) is 5.91. The van der Waals surface area contributed by atoms with Gasteiger partial charge in [0.25, 0.3) is 0 Å². The zero-order valence-electron chi connectivity index (χ0n) is 12.0. The molecule has 4 atom stereocenters. The lowest BCUT2D eigenvalue weighted by atomic mass is 9.87. The molecule has 1 nitrogen and oxygen atoms in total. The van der Waals surface area contributed by atoms with Crippen LogP contribution in [0.4, 0.5) is 13.2 Å². The summed E-state index contributed by atoms with van der Waals surface area (Å²) in [4.78, 5) is 0. The normalized spacial score (nSPS) is 29.0. The average molecular weight is 295 g/mol. The third-order valence-corrected chi connectivity index (χ3v) is 4.85. The van der Waals surface area contributed by atoms with Crippen molar-refractivity contribution in [1.29, 1.82) is 0 Å². The van der Waals surface area contributed by atoms with Gasteiger partial charge in [-0.3, -0.25) is 0 Å². The van der Waals surface area contributed by atoms with Crippen molar-refractivity contribution in [2.75, 3.05) is 0 Å². The van der Waals surface area contributed by atoms with Crippen molar-refractivity contribution in [3.63, 3.8) is 0 Å². The molecule has 21 heavy (non-hydrogen) atoms. The molecule has 0 heterocycles. The lowest BCUT2D eigenvalue weighted by molar-refractivity contribution is -0.137. The number of rotatable bonds is 4. The number of alkyl halides is 3. The molecule has 2 bridgehead atoms. The van der Waals surface area contributed by atoms with Gasteiger partial charge < -0.3 is 5.32 Å². The molecule has 0 aliphatic heterocycles. The van der Waals surface area contributed by atoms with Crippen LogP contribution in [-0.2, 0) is 12.7 Å². The minimum atomic E-state index is -4.27. The smallest absolute Gasteiger partial charge is 0.310 e. The minimum Gasteiger partial charge on any atom is -0.310 e. The van der Waals surface area contributed by atoms with E-state index in [-0.39, 0.29) is 0 Å². The van der Waals surface area contributed by atoms with Crippen LogP contribution < -0.4 is 5.32 Å². The molecule has 1 aromatic carbocycles. The molecule has 1 fully saturated rings. The van der Waals surface area contributed by atoms with Crippen LogP contribution in [0.3, 0.4) is 0 Å². The van der Waals surface area contributed by atoms with Crippen LogP contribution in [0.2, 0.25) is 0 Å². The Labute approximate surface area is 123 Å². The molecule has 2 aliphatic carbocycles. The van der Waals surface area contributed by atoms with E-state index in [1.165, 1.54) is 25.0 Å².